The van der Waals surface area contributed by atoms with E-state index >= 15 is 0 Å². The molecule has 9 heteroatoms. The molecule has 2 rings (SSSR count). The van der Waals surface area contributed by atoms with Crippen molar-refractivity contribution in [3.63, 3.8) is 0 Å². The topological polar surface area (TPSA) is 90.0 Å². The number of carbonyl (C=O) groups excluding carboxylic acids is 4. The molecule has 0 unspecified atom stereocenters. The summed E-state index contributed by atoms with van der Waals surface area (Å²) in [4.78, 5) is 51.7. The van der Waals surface area contributed by atoms with Gasteiger partial charge in [0.1, 0.15) is 5.75 Å². The molecule has 0 saturated heterocycles. The number of thiol groups is 1. The van der Waals surface area contributed by atoms with Crippen molar-refractivity contribution in [1.29, 1.82) is 0 Å². The maximum Gasteiger partial charge on any atom is 0.315 e. The van der Waals surface area contributed by atoms with E-state index in [9.17, 15) is 19.2 Å². The fraction of sp³-hybridized carbons (Fsp3) is 0.429. The molecule has 1 aromatic rings. The zero-order valence-corrected chi connectivity index (χ0v) is 19.2. The van der Waals surface area contributed by atoms with Crippen LogP contribution in [0.5, 0.6) is 5.75 Å². The van der Waals surface area contributed by atoms with Gasteiger partial charge in [-0.1, -0.05) is 0 Å². The largest absolute Gasteiger partial charge is 0.482 e. The number of esters is 1. The minimum atomic E-state index is -0.422. The highest BCUT2D eigenvalue weighted by atomic mass is 32.2. The van der Waals surface area contributed by atoms with Crippen molar-refractivity contribution in [1.82, 2.24) is 4.90 Å². The lowest BCUT2D eigenvalue weighted by Crippen LogP contribution is -2.28. The van der Waals surface area contributed by atoms with Gasteiger partial charge in [-0.05, 0) is 31.9 Å². The van der Waals surface area contributed by atoms with Gasteiger partial charge in [0.05, 0.1) is 18.4 Å². The van der Waals surface area contributed by atoms with E-state index in [1.807, 2.05) is 0 Å². The molecule has 7 nitrogen and oxygen atoms in total. The standard InChI is InChI=1S/C21H25NO6S2/c1-12-13(8-9-15(29)21(12)28-10-17(24)22(2)3)20(26)19-14(23)6-5-7-16(19)30-11-18(25)27-4/h8-9,29H,5-7,10-11H2,1-4H3. The van der Waals surface area contributed by atoms with E-state index in [2.05, 4.69) is 17.4 Å². The summed E-state index contributed by atoms with van der Waals surface area (Å²) in [5, 5.41) is 0. The van der Waals surface area contributed by atoms with E-state index in [-0.39, 0.29) is 36.0 Å². The molecule has 0 heterocycles. The molecule has 0 saturated carbocycles. The predicted octanol–water partition coefficient (Wildman–Crippen LogP) is 2.85. The first-order valence-electron chi connectivity index (χ1n) is 9.33. The average molecular weight is 452 g/mol. The van der Waals surface area contributed by atoms with E-state index in [1.54, 1.807) is 33.2 Å². The van der Waals surface area contributed by atoms with Gasteiger partial charge in [-0.3, -0.25) is 19.2 Å². The number of amides is 1. The summed E-state index contributed by atoms with van der Waals surface area (Å²) in [5.41, 5.74) is 0.921. The Morgan fingerprint density at radius 1 is 1.20 bits per heavy atom. The first-order chi connectivity index (χ1) is 14.2. The van der Waals surface area contributed by atoms with Gasteiger partial charge in [-0.15, -0.1) is 24.4 Å². The highest BCUT2D eigenvalue weighted by Gasteiger charge is 2.29. The van der Waals surface area contributed by atoms with Gasteiger partial charge in [-0.2, -0.15) is 0 Å². The van der Waals surface area contributed by atoms with Gasteiger partial charge in [-0.25, -0.2) is 0 Å². The molecule has 0 N–H and O–H groups in total. The maximum atomic E-state index is 13.3. The van der Waals surface area contributed by atoms with Gasteiger partial charge in [0.25, 0.3) is 5.91 Å². The highest BCUT2D eigenvalue weighted by Crippen LogP contribution is 2.36. The second kappa shape index (κ2) is 10.7. The Morgan fingerprint density at radius 3 is 2.53 bits per heavy atom. The van der Waals surface area contributed by atoms with Crippen LogP contribution in [-0.2, 0) is 19.1 Å². The third-order valence-corrected chi connectivity index (χ3v) is 6.14. The van der Waals surface area contributed by atoms with Gasteiger partial charge in [0.2, 0.25) is 0 Å². The van der Waals surface area contributed by atoms with Gasteiger partial charge >= 0.3 is 5.97 Å². The van der Waals surface area contributed by atoms with E-state index < -0.39 is 11.8 Å². The molecular formula is C21H25NO6S2. The molecule has 0 radical (unpaired) electrons. The van der Waals surface area contributed by atoms with Crippen molar-refractivity contribution in [3.05, 3.63) is 33.7 Å². The minimum Gasteiger partial charge on any atom is -0.482 e. The number of nitrogens with zero attached hydrogens (tertiary/aromatic N) is 1. The average Bonchev–Trinajstić information content (AvgIpc) is 2.71. The van der Waals surface area contributed by atoms with Gasteiger partial charge in [0, 0.05) is 41.4 Å². The number of Topliss-reactive ketones (excluding diaryl/α,β-unsaturated/α-hetero) is 2. The zero-order valence-electron chi connectivity index (χ0n) is 17.4. The molecule has 0 aromatic heterocycles. The highest BCUT2D eigenvalue weighted by molar-refractivity contribution is 8.03. The number of ketones is 2. The summed E-state index contributed by atoms with van der Waals surface area (Å²) in [7, 11) is 4.53. The van der Waals surface area contributed by atoms with Crippen molar-refractivity contribution >= 4 is 47.8 Å². The van der Waals surface area contributed by atoms with Crippen molar-refractivity contribution < 1.29 is 28.7 Å². The molecule has 0 fully saturated rings. The number of allylic oxidation sites excluding steroid dienone is 2. The van der Waals surface area contributed by atoms with Crippen LogP contribution in [0.1, 0.15) is 35.2 Å². The molecule has 0 atom stereocenters. The summed E-state index contributed by atoms with van der Waals surface area (Å²) < 4.78 is 10.3. The number of ether oxygens (including phenoxy) is 2. The number of benzene rings is 1. The first kappa shape index (κ1) is 24.0. The Hall–Kier alpha value is -2.26. The number of carbonyl (C=O) groups is 4. The monoisotopic (exact) mass is 451 g/mol. The Kier molecular flexibility index (Phi) is 8.54. The van der Waals surface area contributed by atoms with Crippen molar-refractivity contribution in [2.75, 3.05) is 33.6 Å². The lowest BCUT2D eigenvalue weighted by atomic mass is 9.90. The molecule has 30 heavy (non-hydrogen) atoms. The van der Waals surface area contributed by atoms with Crippen molar-refractivity contribution in [2.45, 2.75) is 31.1 Å². The van der Waals surface area contributed by atoms with Crippen LogP contribution in [0.2, 0.25) is 0 Å². The maximum absolute atomic E-state index is 13.3. The molecule has 1 amide bonds. The Labute approximate surface area is 185 Å². The predicted molar refractivity (Wildman–Crippen MR) is 117 cm³/mol. The molecule has 0 aliphatic heterocycles. The van der Waals surface area contributed by atoms with Crippen LogP contribution in [0.3, 0.4) is 0 Å². The second-order valence-electron chi connectivity index (χ2n) is 6.93. The number of hydrogen-bond acceptors (Lipinski definition) is 8. The van der Waals surface area contributed by atoms with Crippen LogP contribution in [-0.4, -0.2) is 61.9 Å². The number of thioether (sulfide) groups is 1. The van der Waals surface area contributed by atoms with E-state index in [4.69, 9.17) is 4.74 Å². The molecule has 1 aromatic carbocycles. The molecule has 0 bridgehead atoms. The fourth-order valence-electron chi connectivity index (χ4n) is 2.92. The Balaban J connectivity index is 2.38. The molecule has 1 aliphatic rings. The van der Waals surface area contributed by atoms with Crippen LogP contribution in [0.25, 0.3) is 0 Å². The zero-order chi connectivity index (χ0) is 22.4. The molecule has 162 valence electrons. The van der Waals surface area contributed by atoms with E-state index in [1.165, 1.54) is 12.0 Å². The van der Waals surface area contributed by atoms with Crippen LogP contribution in [0.4, 0.5) is 0 Å². The first-order valence-corrected chi connectivity index (χ1v) is 10.8. The summed E-state index contributed by atoms with van der Waals surface area (Å²) in [6, 6.07) is 3.20. The minimum absolute atomic E-state index is 0.0332. The Morgan fingerprint density at radius 2 is 1.90 bits per heavy atom. The van der Waals surface area contributed by atoms with E-state index in [0.29, 0.717) is 39.5 Å². The third kappa shape index (κ3) is 5.66. The van der Waals surface area contributed by atoms with E-state index in [0.717, 1.165) is 11.8 Å². The van der Waals surface area contributed by atoms with Crippen molar-refractivity contribution in [2.24, 2.45) is 0 Å². The summed E-state index contributed by atoms with van der Waals surface area (Å²) in [6.45, 7) is 1.50. The Bertz CT molecular complexity index is 907. The van der Waals surface area contributed by atoms with Gasteiger partial charge in [0.15, 0.2) is 18.2 Å². The van der Waals surface area contributed by atoms with Crippen LogP contribution < -0.4 is 4.74 Å². The molecular weight excluding hydrogens is 426 g/mol. The quantitative estimate of drug-likeness (QED) is 0.281. The molecule has 1 aliphatic carbocycles. The fourth-order valence-corrected chi connectivity index (χ4v) is 4.28. The van der Waals surface area contributed by atoms with Crippen LogP contribution >= 0.6 is 24.4 Å². The number of methoxy groups -OCH3 is 1. The smallest absolute Gasteiger partial charge is 0.315 e. The van der Waals surface area contributed by atoms with Gasteiger partial charge < -0.3 is 14.4 Å². The number of rotatable bonds is 8. The lowest BCUT2D eigenvalue weighted by Gasteiger charge is -2.20. The van der Waals surface area contributed by atoms with Crippen LogP contribution in [0.15, 0.2) is 27.5 Å². The summed E-state index contributed by atoms with van der Waals surface area (Å²) >= 11 is 5.53. The second-order valence-corrected chi connectivity index (χ2v) is 8.48. The van der Waals surface area contributed by atoms with Crippen molar-refractivity contribution in [3.8, 4) is 5.75 Å². The number of hydrogen-bond donors (Lipinski definition) is 1. The number of likely N-dealkylation sites (N-methyl/N-ethyl adjacent to an activating group) is 1. The normalized spacial score (nSPS) is 13.8. The third-order valence-electron chi connectivity index (χ3n) is 4.65. The molecule has 0 spiro atoms. The summed E-state index contributed by atoms with van der Waals surface area (Å²) in [5.74, 6) is -0.947. The summed E-state index contributed by atoms with van der Waals surface area (Å²) in [6.07, 6.45) is 1.47. The lowest BCUT2D eigenvalue weighted by molar-refractivity contribution is -0.137. The SMILES string of the molecule is COC(=O)CSC1=C(C(=O)c2ccc(S)c(OCC(=O)N(C)C)c2C)C(=O)CCC1. The van der Waals surface area contributed by atoms with Crippen LogP contribution in [0, 0.1) is 6.92 Å².